The molecule has 3 N–H and O–H groups in total. The molecule has 0 fully saturated rings. The van der Waals surface area contributed by atoms with E-state index in [4.69, 9.17) is 10.8 Å². The van der Waals surface area contributed by atoms with Crippen LogP contribution < -0.4 is 5.73 Å². The van der Waals surface area contributed by atoms with Gasteiger partial charge in [-0.2, -0.15) is 0 Å². The van der Waals surface area contributed by atoms with E-state index in [1.165, 1.54) is 6.07 Å². The van der Waals surface area contributed by atoms with E-state index in [0.29, 0.717) is 24.9 Å². The smallest absolute Gasteiger partial charge is 0.306 e. The molecule has 0 saturated heterocycles. The highest BCUT2D eigenvalue weighted by atomic mass is 19.1. The highest BCUT2D eigenvalue weighted by Gasteiger charge is 2.20. The van der Waals surface area contributed by atoms with Gasteiger partial charge in [0, 0.05) is 18.6 Å². The minimum Gasteiger partial charge on any atom is -0.481 e. The Morgan fingerprint density at radius 3 is 2.89 bits per heavy atom. The van der Waals surface area contributed by atoms with Crippen LogP contribution in [0.5, 0.6) is 0 Å². The fourth-order valence-corrected chi connectivity index (χ4v) is 2.44. The number of para-hydroxylation sites is 1. The van der Waals surface area contributed by atoms with Crippen LogP contribution in [0.4, 0.5) is 4.39 Å². The van der Waals surface area contributed by atoms with Crippen LogP contribution in [0.2, 0.25) is 0 Å². The summed E-state index contributed by atoms with van der Waals surface area (Å²) in [4.78, 5) is 11.2. The lowest BCUT2D eigenvalue weighted by molar-refractivity contribution is -0.141. The summed E-state index contributed by atoms with van der Waals surface area (Å²) in [6.45, 7) is 0.329. The maximum Gasteiger partial charge on any atom is 0.306 e. The van der Waals surface area contributed by atoms with Crippen molar-refractivity contribution in [2.45, 2.75) is 12.8 Å². The molecule has 102 valence electrons. The van der Waals surface area contributed by atoms with E-state index in [9.17, 15) is 9.18 Å². The summed E-state index contributed by atoms with van der Waals surface area (Å²) in [6.07, 6.45) is 2.58. The van der Waals surface area contributed by atoms with Crippen molar-refractivity contribution in [2.24, 2.45) is 18.7 Å². The van der Waals surface area contributed by atoms with Gasteiger partial charge in [0.25, 0.3) is 0 Å². The summed E-state index contributed by atoms with van der Waals surface area (Å²) in [5.74, 6) is -1.69. The molecule has 1 unspecified atom stereocenters. The topological polar surface area (TPSA) is 68.2 Å². The largest absolute Gasteiger partial charge is 0.481 e. The van der Waals surface area contributed by atoms with E-state index >= 15 is 0 Å². The number of aromatic nitrogens is 1. The Balaban J connectivity index is 2.40. The molecule has 2 rings (SSSR count). The average Bonchev–Trinajstić information content (AvgIpc) is 2.67. The first kappa shape index (κ1) is 13.5. The van der Waals surface area contributed by atoms with Crippen LogP contribution in [0.15, 0.2) is 24.4 Å². The lowest BCUT2D eigenvalue weighted by Gasteiger charge is -2.10. The molecule has 4 nitrogen and oxygen atoms in total. The van der Waals surface area contributed by atoms with E-state index in [1.54, 1.807) is 23.9 Å². The minimum absolute atomic E-state index is 0.294. The first-order valence-corrected chi connectivity index (χ1v) is 6.20. The molecule has 0 radical (unpaired) electrons. The summed E-state index contributed by atoms with van der Waals surface area (Å²) in [5, 5.41) is 9.93. The second-order valence-corrected chi connectivity index (χ2v) is 4.72. The summed E-state index contributed by atoms with van der Waals surface area (Å²) < 4.78 is 15.4. The van der Waals surface area contributed by atoms with Gasteiger partial charge in [0.15, 0.2) is 0 Å². The number of fused-ring (bicyclic) bond motifs is 1. The number of nitrogens with zero attached hydrogens (tertiary/aromatic N) is 1. The van der Waals surface area contributed by atoms with Crippen LogP contribution in [-0.4, -0.2) is 22.2 Å². The Bertz CT molecular complexity index is 607. The number of aryl methyl sites for hydroxylation is 1. The Labute approximate surface area is 110 Å². The van der Waals surface area contributed by atoms with Crippen molar-refractivity contribution in [1.29, 1.82) is 0 Å². The van der Waals surface area contributed by atoms with Crippen molar-refractivity contribution in [3.8, 4) is 0 Å². The van der Waals surface area contributed by atoms with E-state index in [0.717, 1.165) is 10.9 Å². The Kier molecular flexibility index (Phi) is 3.85. The molecule has 1 aromatic heterocycles. The molecule has 0 bridgehead atoms. The van der Waals surface area contributed by atoms with Gasteiger partial charge in [-0.25, -0.2) is 4.39 Å². The van der Waals surface area contributed by atoms with Gasteiger partial charge >= 0.3 is 5.97 Å². The van der Waals surface area contributed by atoms with Crippen molar-refractivity contribution in [3.63, 3.8) is 0 Å². The molecule has 1 atom stereocenters. The number of halogens is 1. The summed E-state index contributed by atoms with van der Waals surface area (Å²) in [5.41, 5.74) is 6.79. The molecular formula is C14H17FN2O2. The molecule has 0 spiro atoms. The number of nitrogens with two attached hydrogens (primary N) is 1. The van der Waals surface area contributed by atoms with Gasteiger partial charge in [-0.3, -0.25) is 4.79 Å². The highest BCUT2D eigenvalue weighted by molar-refractivity contribution is 5.85. The predicted molar refractivity (Wildman–Crippen MR) is 71.4 cm³/mol. The van der Waals surface area contributed by atoms with Crippen LogP contribution in [0.25, 0.3) is 10.9 Å². The zero-order valence-corrected chi connectivity index (χ0v) is 10.8. The van der Waals surface area contributed by atoms with E-state index in [1.807, 2.05) is 6.07 Å². The molecular weight excluding hydrogens is 247 g/mol. The van der Waals surface area contributed by atoms with Crippen molar-refractivity contribution in [2.75, 3.05) is 6.54 Å². The van der Waals surface area contributed by atoms with Gasteiger partial charge in [0.05, 0.1) is 11.4 Å². The normalized spacial score (nSPS) is 12.8. The van der Waals surface area contributed by atoms with Gasteiger partial charge in [0.1, 0.15) is 5.82 Å². The minimum atomic E-state index is -0.862. The molecule has 2 aromatic rings. The van der Waals surface area contributed by atoms with Gasteiger partial charge in [-0.15, -0.1) is 0 Å². The molecule has 0 saturated carbocycles. The third kappa shape index (κ3) is 2.61. The molecule has 19 heavy (non-hydrogen) atoms. The standard InChI is InChI=1S/C14H17FN2O2/c1-17-8-10(7-9(5-6-16)14(18)19)11-3-2-4-12(15)13(11)17/h2-4,8-9H,5-7,16H2,1H3,(H,18,19). The highest BCUT2D eigenvalue weighted by Crippen LogP contribution is 2.26. The van der Waals surface area contributed by atoms with Crippen molar-refractivity contribution in [3.05, 3.63) is 35.8 Å². The fourth-order valence-electron chi connectivity index (χ4n) is 2.44. The number of carboxylic acid groups (broad SMARTS) is 1. The molecule has 0 aliphatic rings. The first-order chi connectivity index (χ1) is 9.04. The average molecular weight is 264 g/mol. The predicted octanol–water partition coefficient (Wildman–Crippen LogP) is 1.91. The fraction of sp³-hybridized carbons (Fsp3) is 0.357. The number of carbonyl (C=O) groups is 1. The van der Waals surface area contributed by atoms with Crippen LogP contribution in [0.3, 0.4) is 0 Å². The molecule has 0 aliphatic heterocycles. The Morgan fingerprint density at radius 1 is 1.53 bits per heavy atom. The van der Waals surface area contributed by atoms with Gasteiger partial charge in [0.2, 0.25) is 0 Å². The van der Waals surface area contributed by atoms with E-state index in [-0.39, 0.29) is 5.82 Å². The maximum atomic E-state index is 13.7. The second kappa shape index (κ2) is 5.40. The Morgan fingerprint density at radius 2 is 2.26 bits per heavy atom. The number of aliphatic carboxylic acids is 1. The number of hydrogen-bond donors (Lipinski definition) is 2. The number of hydrogen-bond acceptors (Lipinski definition) is 2. The Hall–Kier alpha value is -1.88. The summed E-state index contributed by atoms with van der Waals surface area (Å²) in [6, 6.07) is 4.86. The quantitative estimate of drug-likeness (QED) is 0.866. The van der Waals surface area contributed by atoms with Crippen LogP contribution in [-0.2, 0) is 18.3 Å². The molecule has 0 amide bonds. The molecule has 0 aliphatic carbocycles. The monoisotopic (exact) mass is 264 g/mol. The SMILES string of the molecule is Cn1cc(CC(CCN)C(=O)O)c2cccc(F)c21. The van der Waals surface area contributed by atoms with Crippen LogP contribution in [0, 0.1) is 11.7 Å². The van der Waals surface area contributed by atoms with Gasteiger partial charge in [-0.1, -0.05) is 12.1 Å². The third-order valence-corrected chi connectivity index (χ3v) is 3.37. The van der Waals surface area contributed by atoms with Crippen molar-refractivity contribution in [1.82, 2.24) is 4.57 Å². The van der Waals surface area contributed by atoms with E-state index < -0.39 is 11.9 Å². The van der Waals surface area contributed by atoms with Crippen LogP contribution in [0.1, 0.15) is 12.0 Å². The van der Waals surface area contributed by atoms with Crippen molar-refractivity contribution < 1.29 is 14.3 Å². The van der Waals surface area contributed by atoms with Crippen molar-refractivity contribution >= 4 is 16.9 Å². The molecule has 1 heterocycles. The number of benzene rings is 1. The summed E-state index contributed by atoms with van der Waals surface area (Å²) in [7, 11) is 1.76. The van der Waals surface area contributed by atoms with Crippen LogP contribution >= 0.6 is 0 Å². The number of rotatable bonds is 5. The second-order valence-electron chi connectivity index (χ2n) is 4.72. The first-order valence-electron chi connectivity index (χ1n) is 6.20. The maximum absolute atomic E-state index is 13.7. The van der Waals surface area contributed by atoms with E-state index in [2.05, 4.69) is 0 Å². The lowest BCUT2D eigenvalue weighted by atomic mass is 9.96. The number of carboxylic acids is 1. The van der Waals surface area contributed by atoms with Gasteiger partial charge < -0.3 is 15.4 Å². The lowest BCUT2D eigenvalue weighted by Crippen LogP contribution is -2.20. The summed E-state index contributed by atoms with van der Waals surface area (Å²) >= 11 is 0. The third-order valence-electron chi connectivity index (χ3n) is 3.37. The molecule has 5 heteroatoms. The zero-order valence-electron chi connectivity index (χ0n) is 10.8. The zero-order chi connectivity index (χ0) is 14.0. The molecule has 1 aromatic carbocycles. The van der Waals surface area contributed by atoms with Gasteiger partial charge in [-0.05, 0) is 31.0 Å².